The Morgan fingerprint density at radius 1 is 1.38 bits per heavy atom. The predicted octanol–water partition coefficient (Wildman–Crippen LogP) is 1.20. The molecule has 0 amide bonds. The van der Waals surface area contributed by atoms with Crippen molar-refractivity contribution in [2.24, 2.45) is 0 Å². The minimum Gasteiger partial charge on any atom is -0.359 e. The Kier molecular flexibility index (Phi) is 2.41. The number of nitrogens with zero attached hydrogens (tertiary/aromatic N) is 2. The number of aromatic nitrogens is 2. The zero-order valence-corrected chi connectivity index (χ0v) is 9.11. The van der Waals surface area contributed by atoms with Crippen LogP contribution in [0.3, 0.4) is 0 Å². The van der Waals surface area contributed by atoms with Gasteiger partial charge in [0.05, 0.1) is 17.1 Å². The van der Waals surface area contributed by atoms with E-state index in [-0.39, 0.29) is 11.7 Å². The van der Waals surface area contributed by atoms with Crippen molar-refractivity contribution in [1.29, 1.82) is 5.26 Å². The van der Waals surface area contributed by atoms with Gasteiger partial charge < -0.3 is 14.9 Å². The first-order chi connectivity index (χ1) is 7.61. The Labute approximate surface area is 92.3 Å². The second-order valence-corrected chi connectivity index (χ2v) is 3.72. The van der Waals surface area contributed by atoms with Crippen LogP contribution in [0.4, 0.5) is 5.69 Å². The van der Waals surface area contributed by atoms with Gasteiger partial charge >= 0.3 is 5.69 Å². The molecule has 1 atom stereocenters. The summed E-state index contributed by atoms with van der Waals surface area (Å²) in [5, 5.41) is 8.83. The maximum Gasteiger partial charge on any atom is 0.323 e. The zero-order chi connectivity index (χ0) is 11.7. The number of anilines is 1. The van der Waals surface area contributed by atoms with Gasteiger partial charge in [0.25, 0.3) is 0 Å². The van der Waals surface area contributed by atoms with E-state index in [1.54, 1.807) is 0 Å². The lowest BCUT2D eigenvalue weighted by molar-refractivity contribution is 0.836. The molecule has 2 aromatic rings. The van der Waals surface area contributed by atoms with Gasteiger partial charge in [-0.3, -0.25) is 0 Å². The fraction of sp³-hybridized carbons (Fsp3) is 0.273. The van der Waals surface area contributed by atoms with Crippen LogP contribution >= 0.6 is 0 Å². The van der Waals surface area contributed by atoms with E-state index in [0.29, 0.717) is 0 Å². The molecule has 0 radical (unpaired) electrons. The molecule has 5 nitrogen and oxygen atoms in total. The number of rotatable bonds is 2. The number of aromatic amines is 2. The highest BCUT2D eigenvalue weighted by Gasteiger charge is 2.09. The molecule has 1 aromatic heterocycles. The van der Waals surface area contributed by atoms with Crippen LogP contribution in [0.2, 0.25) is 0 Å². The molecule has 0 aliphatic heterocycles. The number of fused-ring (bicyclic) bond motifs is 1. The van der Waals surface area contributed by atoms with Crippen molar-refractivity contribution in [1.82, 2.24) is 9.97 Å². The van der Waals surface area contributed by atoms with Crippen molar-refractivity contribution in [3.05, 3.63) is 28.7 Å². The van der Waals surface area contributed by atoms with Gasteiger partial charge in [-0.1, -0.05) is 0 Å². The van der Waals surface area contributed by atoms with Crippen LogP contribution in [0.15, 0.2) is 23.0 Å². The molecule has 2 N–H and O–H groups in total. The molecule has 1 unspecified atom stereocenters. The summed E-state index contributed by atoms with van der Waals surface area (Å²) >= 11 is 0. The summed E-state index contributed by atoms with van der Waals surface area (Å²) in [5.74, 6) is 0. The summed E-state index contributed by atoms with van der Waals surface area (Å²) in [4.78, 5) is 18.3. The van der Waals surface area contributed by atoms with E-state index in [2.05, 4.69) is 16.0 Å². The molecule has 0 saturated carbocycles. The van der Waals surface area contributed by atoms with Crippen molar-refractivity contribution in [3.8, 4) is 6.07 Å². The number of H-pyrrole nitrogens is 2. The standard InChI is InChI=1S/C11H12N4O/c1-7(6-12)15(2)8-3-4-9-10(5-8)14-11(16)13-9/h3-5,7H,1-2H3,(H2,13,14,16). The van der Waals surface area contributed by atoms with E-state index in [9.17, 15) is 4.79 Å². The lowest BCUT2D eigenvalue weighted by atomic mass is 10.2. The normalized spacial score (nSPS) is 12.3. The molecule has 2 rings (SSSR count). The number of hydrogen-bond donors (Lipinski definition) is 2. The summed E-state index contributed by atoms with van der Waals surface area (Å²) < 4.78 is 0. The lowest BCUT2D eigenvalue weighted by Gasteiger charge is -2.21. The van der Waals surface area contributed by atoms with Gasteiger partial charge in [0, 0.05) is 12.7 Å². The molecule has 0 saturated heterocycles. The fourth-order valence-electron chi connectivity index (χ4n) is 1.55. The summed E-state index contributed by atoms with van der Waals surface area (Å²) in [7, 11) is 1.85. The number of nitriles is 1. The predicted molar refractivity (Wildman–Crippen MR) is 62.4 cm³/mol. The first-order valence-corrected chi connectivity index (χ1v) is 4.96. The highest BCUT2D eigenvalue weighted by molar-refractivity contribution is 5.79. The van der Waals surface area contributed by atoms with Crippen molar-refractivity contribution in [3.63, 3.8) is 0 Å². The van der Waals surface area contributed by atoms with Crippen LogP contribution in [0.5, 0.6) is 0 Å². The average molecular weight is 216 g/mol. The topological polar surface area (TPSA) is 75.7 Å². The molecule has 1 heterocycles. The van der Waals surface area contributed by atoms with E-state index >= 15 is 0 Å². The third-order valence-electron chi connectivity index (χ3n) is 2.67. The highest BCUT2D eigenvalue weighted by atomic mass is 16.1. The zero-order valence-electron chi connectivity index (χ0n) is 9.11. The van der Waals surface area contributed by atoms with E-state index < -0.39 is 0 Å². The minimum atomic E-state index is -0.219. The van der Waals surface area contributed by atoms with E-state index in [0.717, 1.165) is 16.7 Å². The molecule has 16 heavy (non-hydrogen) atoms. The van der Waals surface area contributed by atoms with Gasteiger partial charge in [0.2, 0.25) is 0 Å². The van der Waals surface area contributed by atoms with Gasteiger partial charge in [-0.05, 0) is 25.1 Å². The second kappa shape index (κ2) is 3.74. The summed E-state index contributed by atoms with van der Waals surface area (Å²) in [5.41, 5.74) is 2.20. The summed E-state index contributed by atoms with van der Waals surface area (Å²) in [6.07, 6.45) is 0. The van der Waals surface area contributed by atoms with Gasteiger partial charge in [-0.25, -0.2) is 4.79 Å². The molecule has 5 heteroatoms. The Bertz CT molecular complexity index is 604. The summed E-state index contributed by atoms with van der Waals surface area (Å²) in [6.45, 7) is 1.82. The Morgan fingerprint density at radius 3 is 2.75 bits per heavy atom. The smallest absolute Gasteiger partial charge is 0.323 e. The van der Waals surface area contributed by atoms with E-state index in [4.69, 9.17) is 5.26 Å². The SMILES string of the molecule is CC(C#N)N(C)c1ccc2[nH]c(=O)[nH]c2c1. The van der Waals surface area contributed by atoms with Gasteiger partial charge in [0.15, 0.2) is 0 Å². The molecule has 0 bridgehead atoms. The van der Waals surface area contributed by atoms with Crippen LogP contribution in [-0.2, 0) is 0 Å². The molecular weight excluding hydrogens is 204 g/mol. The summed E-state index contributed by atoms with van der Waals surface area (Å²) in [6, 6.07) is 7.50. The molecular formula is C11H12N4O. The van der Waals surface area contributed by atoms with E-state index in [1.165, 1.54) is 0 Å². The Balaban J connectivity index is 2.47. The molecule has 0 spiro atoms. The van der Waals surface area contributed by atoms with Crippen molar-refractivity contribution < 1.29 is 0 Å². The van der Waals surface area contributed by atoms with Crippen LogP contribution in [-0.4, -0.2) is 23.1 Å². The minimum absolute atomic E-state index is 0.205. The van der Waals surface area contributed by atoms with Crippen LogP contribution < -0.4 is 10.6 Å². The van der Waals surface area contributed by atoms with Crippen LogP contribution in [0, 0.1) is 11.3 Å². The third-order valence-corrected chi connectivity index (χ3v) is 2.67. The van der Waals surface area contributed by atoms with Gasteiger partial charge in [-0.15, -0.1) is 0 Å². The molecule has 0 aliphatic rings. The number of benzene rings is 1. The monoisotopic (exact) mass is 216 g/mol. The van der Waals surface area contributed by atoms with Crippen molar-refractivity contribution in [2.45, 2.75) is 13.0 Å². The quantitative estimate of drug-likeness (QED) is 0.792. The first-order valence-electron chi connectivity index (χ1n) is 4.96. The Morgan fingerprint density at radius 2 is 2.06 bits per heavy atom. The number of imidazole rings is 1. The Hall–Kier alpha value is -2.22. The third kappa shape index (κ3) is 1.65. The number of nitrogens with one attached hydrogen (secondary N) is 2. The van der Waals surface area contributed by atoms with Crippen LogP contribution in [0.25, 0.3) is 11.0 Å². The molecule has 0 aliphatic carbocycles. The average Bonchev–Trinajstić information content (AvgIpc) is 2.65. The highest BCUT2D eigenvalue weighted by Crippen LogP contribution is 2.19. The fourth-order valence-corrected chi connectivity index (χ4v) is 1.55. The largest absolute Gasteiger partial charge is 0.359 e. The molecule has 82 valence electrons. The van der Waals surface area contributed by atoms with Gasteiger partial charge in [-0.2, -0.15) is 5.26 Å². The van der Waals surface area contributed by atoms with Crippen LogP contribution in [0.1, 0.15) is 6.92 Å². The number of hydrogen-bond acceptors (Lipinski definition) is 3. The maximum atomic E-state index is 11.1. The lowest BCUT2D eigenvalue weighted by Crippen LogP contribution is -2.26. The van der Waals surface area contributed by atoms with E-state index in [1.807, 2.05) is 37.1 Å². The maximum absolute atomic E-state index is 11.1. The second-order valence-electron chi connectivity index (χ2n) is 3.72. The van der Waals surface area contributed by atoms with Crippen molar-refractivity contribution in [2.75, 3.05) is 11.9 Å². The molecule has 0 fully saturated rings. The van der Waals surface area contributed by atoms with Crippen molar-refractivity contribution >= 4 is 16.7 Å². The first kappa shape index (κ1) is 10.3. The molecule has 1 aromatic carbocycles. The van der Waals surface area contributed by atoms with Gasteiger partial charge in [0.1, 0.15) is 6.04 Å².